The Kier molecular flexibility index (Phi) is 6.83. The highest BCUT2D eigenvalue weighted by Gasteiger charge is 2.10. The van der Waals surface area contributed by atoms with E-state index in [1.165, 1.54) is 5.56 Å². The maximum Gasteiger partial charge on any atom is 0.130 e. The molecule has 0 aliphatic heterocycles. The minimum atomic E-state index is 0.311. The number of hydrogen-bond acceptors (Lipinski definition) is 4. The van der Waals surface area contributed by atoms with Gasteiger partial charge in [-0.3, -0.25) is 0 Å². The standard InChI is InChI=1S/C14H25N3O/c1-5-8-15-11(3)13-10-16-14(17-12(13)4)7-9-18-6-2/h10-11,15H,5-9H2,1-4H3. The van der Waals surface area contributed by atoms with Crippen LogP contribution in [0.5, 0.6) is 0 Å². The number of ether oxygens (including phenoxy) is 1. The number of rotatable bonds is 8. The van der Waals surface area contributed by atoms with Crippen molar-refractivity contribution >= 4 is 0 Å². The number of nitrogens with one attached hydrogen (secondary N) is 1. The van der Waals surface area contributed by atoms with Crippen molar-refractivity contribution in [1.29, 1.82) is 0 Å². The third-order valence-electron chi connectivity index (χ3n) is 2.91. The van der Waals surface area contributed by atoms with Crippen molar-refractivity contribution < 1.29 is 4.74 Å². The molecule has 1 aromatic rings. The molecule has 4 nitrogen and oxygen atoms in total. The van der Waals surface area contributed by atoms with Gasteiger partial charge >= 0.3 is 0 Å². The van der Waals surface area contributed by atoms with Gasteiger partial charge in [0.1, 0.15) is 5.82 Å². The van der Waals surface area contributed by atoms with Crippen LogP contribution in [-0.2, 0) is 11.2 Å². The van der Waals surface area contributed by atoms with Crippen molar-refractivity contribution in [3.05, 3.63) is 23.3 Å². The predicted molar refractivity (Wildman–Crippen MR) is 73.7 cm³/mol. The first-order valence-electron chi connectivity index (χ1n) is 6.82. The lowest BCUT2D eigenvalue weighted by Gasteiger charge is -2.15. The van der Waals surface area contributed by atoms with Crippen LogP contribution in [0.2, 0.25) is 0 Å². The number of hydrogen-bond donors (Lipinski definition) is 1. The van der Waals surface area contributed by atoms with Crippen LogP contribution in [0.3, 0.4) is 0 Å². The van der Waals surface area contributed by atoms with Crippen molar-refractivity contribution in [2.75, 3.05) is 19.8 Å². The lowest BCUT2D eigenvalue weighted by molar-refractivity contribution is 0.149. The Bertz CT molecular complexity index is 355. The second-order valence-corrected chi connectivity index (χ2v) is 4.45. The fourth-order valence-corrected chi connectivity index (χ4v) is 1.85. The zero-order valence-corrected chi connectivity index (χ0v) is 12.0. The number of nitrogens with zero attached hydrogens (tertiary/aromatic N) is 2. The molecule has 0 saturated carbocycles. The summed E-state index contributed by atoms with van der Waals surface area (Å²) in [7, 11) is 0. The summed E-state index contributed by atoms with van der Waals surface area (Å²) in [5.41, 5.74) is 2.25. The molecule has 0 fully saturated rings. The van der Waals surface area contributed by atoms with Gasteiger partial charge in [-0.2, -0.15) is 0 Å². The largest absolute Gasteiger partial charge is 0.381 e. The van der Waals surface area contributed by atoms with Crippen LogP contribution in [-0.4, -0.2) is 29.7 Å². The average Bonchev–Trinajstić information content (AvgIpc) is 2.36. The van der Waals surface area contributed by atoms with Crippen LogP contribution in [0.1, 0.15) is 50.3 Å². The first kappa shape index (κ1) is 15.1. The highest BCUT2D eigenvalue weighted by atomic mass is 16.5. The topological polar surface area (TPSA) is 47.0 Å². The number of aryl methyl sites for hydroxylation is 1. The summed E-state index contributed by atoms with van der Waals surface area (Å²) < 4.78 is 5.32. The van der Waals surface area contributed by atoms with Gasteiger partial charge in [-0.15, -0.1) is 0 Å². The maximum absolute atomic E-state index is 5.32. The Morgan fingerprint density at radius 3 is 2.78 bits per heavy atom. The maximum atomic E-state index is 5.32. The Morgan fingerprint density at radius 2 is 2.17 bits per heavy atom. The van der Waals surface area contributed by atoms with E-state index in [1.54, 1.807) is 0 Å². The average molecular weight is 251 g/mol. The van der Waals surface area contributed by atoms with Crippen LogP contribution in [0.15, 0.2) is 6.20 Å². The summed E-state index contributed by atoms with van der Waals surface area (Å²) in [5, 5.41) is 3.46. The summed E-state index contributed by atoms with van der Waals surface area (Å²) in [5.74, 6) is 0.868. The van der Waals surface area contributed by atoms with Crippen molar-refractivity contribution in [2.45, 2.75) is 46.6 Å². The molecule has 18 heavy (non-hydrogen) atoms. The SMILES string of the molecule is CCCNC(C)c1cnc(CCOCC)nc1C. The highest BCUT2D eigenvalue weighted by molar-refractivity contribution is 5.19. The Balaban J connectivity index is 2.61. The number of aromatic nitrogens is 2. The van der Waals surface area contributed by atoms with Crippen molar-refractivity contribution in [3.63, 3.8) is 0 Å². The molecule has 4 heteroatoms. The Morgan fingerprint density at radius 1 is 1.39 bits per heavy atom. The van der Waals surface area contributed by atoms with Gasteiger partial charge in [-0.1, -0.05) is 6.92 Å². The van der Waals surface area contributed by atoms with Gasteiger partial charge in [0.15, 0.2) is 0 Å². The molecule has 0 radical (unpaired) electrons. The summed E-state index contributed by atoms with van der Waals surface area (Å²) in [6, 6.07) is 0.311. The molecule has 1 atom stereocenters. The molecule has 0 bridgehead atoms. The smallest absolute Gasteiger partial charge is 0.130 e. The lowest BCUT2D eigenvalue weighted by atomic mass is 10.1. The normalized spacial score (nSPS) is 12.7. The van der Waals surface area contributed by atoms with Crippen molar-refractivity contribution in [1.82, 2.24) is 15.3 Å². The first-order chi connectivity index (χ1) is 8.69. The van der Waals surface area contributed by atoms with Crippen LogP contribution >= 0.6 is 0 Å². The Hall–Kier alpha value is -1.00. The van der Waals surface area contributed by atoms with E-state index in [2.05, 4.69) is 29.1 Å². The molecular formula is C14H25N3O. The molecule has 1 heterocycles. The van der Waals surface area contributed by atoms with Crippen molar-refractivity contribution in [2.24, 2.45) is 0 Å². The van der Waals surface area contributed by atoms with E-state index < -0.39 is 0 Å². The fourth-order valence-electron chi connectivity index (χ4n) is 1.85. The monoisotopic (exact) mass is 251 g/mol. The van der Waals surface area contributed by atoms with Crippen molar-refractivity contribution in [3.8, 4) is 0 Å². The minimum absolute atomic E-state index is 0.311. The molecule has 0 amide bonds. The molecule has 1 aromatic heterocycles. The van der Waals surface area contributed by atoms with E-state index >= 15 is 0 Å². The molecule has 0 aliphatic carbocycles. The fraction of sp³-hybridized carbons (Fsp3) is 0.714. The zero-order valence-electron chi connectivity index (χ0n) is 12.0. The first-order valence-corrected chi connectivity index (χ1v) is 6.82. The van der Waals surface area contributed by atoms with Crippen LogP contribution in [0.25, 0.3) is 0 Å². The zero-order chi connectivity index (χ0) is 13.4. The minimum Gasteiger partial charge on any atom is -0.381 e. The molecule has 1 N–H and O–H groups in total. The third-order valence-corrected chi connectivity index (χ3v) is 2.91. The Labute approximate surface area is 110 Å². The van der Waals surface area contributed by atoms with E-state index in [4.69, 9.17) is 4.74 Å². The summed E-state index contributed by atoms with van der Waals surface area (Å²) in [6.45, 7) is 10.8. The molecule has 0 saturated heterocycles. The predicted octanol–water partition coefficient (Wildman–Crippen LogP) is 2.42. The molecule has 0 spiro atoms. The van der Waals surface area contributed by atoms with E-state index in [-0.39, 0.29) is 0 Å². The van der Waals surface area contributed by atoms with Gasteiger partial charge in [0.2, 0.25) is 0 Å². The van der Waals surface area contributed by atoms with E-state index in [0.717, 1.165) is 37.5 Å². The van der Waals surface area contributed by atoms with E-state index in [1.807, 2.05) is 20.0 Å². The van der Waals surface area contributed by atoms with Gasteiger partial charge in [0.05, 0.1) is 6.61 Å². The van der Waals surface area contributed by atoms with Gasteiger partial charge in [0, 0.05) is 36.5 Å². The molecule has 102 valence electrons. The molecular weight excluding hydrogens is 226 g/mol. The summed E-state index contributed by atoms with van der Waals surface area (Å²) in [4.78, 5) is 8.95. The van der Waals surface area contributed by atoms with Crippen LogP contribution in [0.4, 0.5) is 0 Å². The van der Waals surface area contributed by atoms with Gasteiger partial charge in [-0.25, -0.2) is 9.97 Å². The van der Waals surface area contributed by atoms with E-state index in [0.29, 0.717) is 12.6 Å². The van der Waals surface area contributed by atoms with Gasteiger partial charge in [0.25, 0.3) is 0 Å². The van der Waals surface area contributed by atoms with Gasteiger partial charge < -0.3 is 10.1 Å². The van der Waals surface area contributed by atoms with Crippen LogP contribution < -0.4 is 5.32 Å². The van der Waals surface area contributed by atoms with Crippen LogP contribution in [0, 0.1) is 6.92 Å². The quantitative estimate of drug-likeness (QED) is 0.721. The molecule has 0 aromatic carbocycles. The molecule has 0 aliphatic rings. The third kappa shape index (κ3) is 4.70. The van der Waals surface area contributed by atoms with E-state index in [9.17, 15) is 0 Å². The molecule has 1 unspecified atom stereocenters. The lowest BCUT2D eigenvalue weighted by Crippen LogP contribution is -2.21. The molecule has 1 rings (SSSR count). The summed E-state index contributed by atoms with van der Waals surface area (Å²) >= 11 is 0. The second-order valence-electron chi connectivity index (χ2n) is 4.45. The highest BCUT2D eigenvalue weighted by Crippen LogP contribution is 2.14. The van der Waals surface area contributed by atoms with Gasteiger partial charge in [-0.05, 0) is 33.7 Å². The summed E-state index contributed by atoms with van der Waals surface area (Å²) in [6.07, 6.45) is 3.86. The second kappa shape index (κ2) is 8.16.